The highest BCUT2D eigenvalue weighted by molar-refractivity contribution is 5.84. The van der Waals surface area contributed by atoms with E-state index in [1.807, 2.05) is 60.7 Å². The first kappa shape index (κ1) is 16.3. The predicted octanol–water partition coefficient (Wildman–Crippen LogP) is 3.65. The molecule has 1 N–H and O–H groups in total. The average molecular weight is 349 g/mol. The lowest BCUT2D eigenvalue weighted by Crippen LogP contribution is -2.35. The van der Waals surface area contributed by atoms with E-state index >= 15 is 0 Å². The number of fused-ring (bicyclic) bond motifs is 2. The third-order valence-electron chi connectivity index (χ3n) is 4.31. The number of benzene rings is 3. The van der Waals surface area contributed by atoms with Crippen LogP contribution in [0.2, 0.25) is 0 Å². The van der Waals surface area contributed by atoms with Crippen LogP contribution in [0.5, 0.6) is 17.2 Å². The summed E-state index contributed by atoms with van der Waals surface area (Å²) in [5.74, 6) is 1.94. The maximum Gasteiger partial charge on any atom is 0.261 e. The first-order chi connectivity index (χ1) is 12.7. The van der Waals surface area contributed by atoms with Crippen LogP contribution in [-0.2, 0) is 11.3 Å². The summed E-state index contributed by atoms with van der Waals surface area (Å²) in [6.07, 6.45) is -0.592. The van der Waals surface area contributed by atoms with Crippen LogP contribution in [0.3, 0.4) is 0 Å². The quantitative estimate of drug-likeness (QED) is 0.764. The lowest BCUT2D eigenvalue weighted by atomic mass is 10.1. The Morgan fingerprint density at radius 2 is 1.85 bits per heavy atom. The molecule has 3 aromatic rings. The Hall–Kier alpha value is -3.21. The molecular weight excluding hydrogens is 330 g/mol. The Kier molecular flexibility index (Phi) is 4.35. The summed E-state index contributed by atoms with van der Waals surface area (Å²) in [6.45, 7) is 2.38. The molecule has 1 aliphatic rings. The van der Waals surface area contributed by atoms with Gasteiger partial charge in [0.1, 0.15) is 5.75 Å². The van der Waals surface area contributed by atoms with Gasteiger partial charge < -0.3 is 19.5 Å². The SMILES string of the molecule is C[C@@H](Oc1ccc2ccccc2c1)C(=O)NCc1ccc2c(c1)OCO2. The monoisotopic (exact) mass is 349 g/mol. The summed E-state index contributed by atoms with van der Waals surface area (Å²) in [5.41, 5.74) is 0.945. The number of ether oxygens (including phenoxy) is 3. The summed E-state index contributed by atoms with van der Waals surface area (Å²) in [4.78, 5) is 12.3. The van der Waals surface area contributed by atoms with Gasteiger partial charge in [-0.2, -0.15) is 0 Å². The van der Waals surface area contributed by atoms with E-state index in [1.54, 1.807) is 6.92 Å². The summed E-state index contributed by atoms with van der Waals surface area (Å²) < 4.78 is 16.4. The first-order valence-electron chi connectivity index (χ1n) is 8.51. The number of hydrogen-bond donors (Lipinski definition) is 1. The summed E-state index contributed by atoms with van der Waals surface area (Å²) in [7, 11) is 0. The van der Waals surface area contributed by atoms with Gasteiger partial charge in [0, 0.05) is 6.54 Å². The van der Waals surface area contributed by atoms with Gasteiger partial charge in [-0.05, 0) is 47.5 Å². The van der Waals surface area contributed by atoms with E-state index in [9.17, 15) is 4.79 Å². The minimum absolute atomic E-state index is 0.171. The predicted molar refractivity (Wildman–Crippen MR) is 98.4 cm³/mol. The molecule has 132 valence electrons. The van der Waals surface area contributed by atoms with Crippen molar-refractivity contribution in [2.45, 2.75) is 19.6 Å². The van der Waals surface area contributed by atoms with Crippen LogP contribution in [-0.4, -0.2) is 18.8 Å². The second kappa shape index (κ2) is 6.96. The Labute approximate surface area is 151 Å². The molecule has 4 rings (SSSR count). The maximum absolute atomic E-state index is 12.3. The fraction of sp³-hybridized carbons (Fsp3) is 0.190. The fourth-order valence-electron chi connectivity index (χ4n) is 2.88. The summed E-state index contributed by atoms with van der Waals surface area (Å²) in [5, 5.41) is 5.11. The van der Waals surface area contributed by atoms with E-state index < -0.39 is 6.10 Å². The molecule has 3 aromatic carbocycles. The Balaban J connectivity index is 1.36. The van der Waals surface area contributed by atoms with Crippen LogP contribution in [0.4, 0.5) is 0 Å². The molecule has 0 radical (unpaired) electrons. The van der Waals surface area contributed by atoms with E-state index in [2.05, 4.69) is 5.32 Å². The van der Waals surface area contributed by atoms with Crippen molar-refractivity contribution in [2.75, 3.05) is 6.79 Å². The molecule has 0 bridgehead atoms. The second-order valence-electron chi connectivity index (χ2n) is 6.17. The van der Waals surface area contributed by atoms with Gasteiger partial charge in [-0.15, -0.1) is 0 Å². The molecule has 5 heteroatoms. The normalized spacial score (nSPS) is 13.4. The molecule has 0 saturated heterocycles. The van der Waals surface area contributed by atoms with Crippen molar-refractivity contribution in [1.29, 1.82) is 0 Å². The van der Waals surface area contributed by atoms with E-state index in [0.717, 1.165) is 22.1 Å². The molecule has 0 aliphatic carbocycles. The highest BCUT2D eigenvalue weighted by Crippen LogP contribution is 2.32. The van der Waals surface area contributed by atoms with Crippen LogP contribution < -0.4 is 19.5 Å². The largest absolute Gasteiger partial charge is 0.481 e. The van der Waals surface area contributed by atoms with Crippen molar-refractivity contribution < 1.29 is 19.0 Å². The third-order valence-corrected chi connectivity index (χ3v) is 4.31. The molecule has 1 aliphatic heterocycles. The van der Waals surface area contributed by atoms with Crippen LogP contribution >= 0.6 is 0 Å². The molecule has 1 heterocycles. The standard InChI is InChI=1S/C21H19NO4/c1-14(26-18-8-7-16-4-2-3-5-17(16)11-18)21(23)22-12-15-6-9-19-20(10-15)25-13-24-19/h2-11,14H,12-13H2,1H3,(H,22,23)/t14-/m1/s1. The van der Waals surface area contributed by atoms with Gasteiger partial charge in [0.25, 0.3) is 5.91 Å². The second-order valence-corrected chi connectivity index (χ2v) is 6.17. The van der Waals surface area contributed by atoms with E-state index in [-0.39, 0.29) is 12.7 Å². The van der Waals surface area contributed by atoms with Crippen molar-refractivity contribution >= 4 is 16.7 Å². The van der Waals surface area contributed by atoms with Gasteiger partial charge in [-0.3, -0.25) is 4.79 Å². The third kappa shape index (κ3) is 3.42. The highest BCUT2D eigenvalue weighted by Gasteiger charge is 2.16. The molecule has 26 heavy (non-hydrogen) atoms. The van der Waals surface area contributed by atoms with Gasteiger partial charge in [-0.1, -0.05) is 36.4 Å². The van der Waals surface area contributed by atoms with E-state index in [1.165, 1.54) is 0 Å². The van der Waals surface area contributed by atoms with Crippen molar-refractivity contribution in [2.24, 2.45) is 0 Å². The summed E-state index contributed by atoms with van der Waals surface area (Å²) >= 11 is 0. The van der Waals surface area contributed by atoms with Crippen LogP contribution in [0.1, 0.15) is 12.5 Å². The molecule has 0 spiro atoms. The minimum atomic E-state index is -0.592. The lowest BCUT2D eigenvalue weighted by Gasteiger charge is -2.15. The van der Waals surface area contributed by atoms with Crippen molar-refractivity contribution in [3.63, 3.8) is 0 Å². The lowest BCUT2D eigenvalue weighted by molar-refractivity contribution is -0.127. The Bertz CT molecular complexity index is 954. The Morgan fingerprint density at radius 1 is 1.04 bits per heavy atom. The number of rotatable bonds is 5. The Morgan fingerprint density at radius 3 is 2.73 bits per heavy atom. The topological polar surface area (TPSA) is 56.8 Å². The van der Waals surface area contributed by atoms with Gasteiger partial charge >= 0.3 is 0 Å². The highest BCUT2D eigenvalue weighted by atomic mass is 16.7. The molecule has 0 aromatic heterocycles. The number of hydrogen-bond acceptors (Lipinski definition) is 4. The average Bonchev–Trinajstić information content (AvgIpc) is 3.13. The van der Waals surface area contributed by atoms with Crippen LogP contribution in [0.15, 0.2) is 60.7 Å². The van der Waals surface area contributed by atoms with E-state index in [0.29, 0.717) is 18.0 Å². The number of amides is 1. The smallest absolute Gasteiger partial charge is 0.261 e. The molecule has 1 atom stereocenters. The molecule has 0 unspecified atom stereocenters. The van der Waals surface area contributed by atoms with Gasteiger partial charge in [0.15, 0.2) is 17.6 Å². The van der Waals surface area contributed by atoms with Crippen LogP contribution in [0, 0.1) is 0 Å². The molecule has 0 saturated carbocycles. The molecule has 0 fully saturated rings. The fourth-order valence-corrected chi connectivity index (χ4v) is 2.88. The van der Waals surface area contributed by atoms with Gasteiger partial charge in [0.2, 0.25) is 6.79 Å². The molecular formula is C21H19NO4. The zero-order valence-corrected chi connectivity index (χ0v) is 14.4. The van der Waals surface area contributed by atoms with Gasteiger partial charge in [-0.25, -0.2) is 0 Å². The van der Waals surface area contributed by atoms with E-state index in [4.69, 9.17) is 14.2 Å². The van der Waals surface area contributed by atoms with Crippen molar-refractivity contribution in [3.05, 3.63) is 66.2 Å². The molecule has 5 nitrogen and oxygen atoms in total. The van der Waals surface area contributed by atoms with Crippen molar-refractivity contribution in [3.8, 4) is 17.2 Å². The zero-order chi connectivity index (χ0) is 17.9. The summed E-state index contributed by atoms with van der Waals surface area (Å²) in [6, 6.07) is 19.5. The molecule has 1 amide bonds. The number of carbonyl (C=O) groups is 1. The maximum atomic E-state index is 12.3. The van der Waals surface area contributed by atoms with Crippen LogP contribution in [0.25, 0.3) is 10.8 Å². The van der Waals surface area contributed by atoms with Crippen molar-refractivity contribution in [1.82, 2.24) is 5.32 Å². The zero-order valence-electron chi connectivity index (χ0n) is 14.4. The number of carbonyl (C=O) groups excluding carboxylic acids is 1. The van der Waals surface area contributed by atoms with Gasteiger partial charge in [0.05, 0.1) is 0 Å². The minimum Gasteiger partial charge on any atom is -0.481 e. The first-order valence-corrected chi connectivity index (χ1v) is 8.51. The number of nitrogens with one attached hydrogen (secondary N) is 1.